The molecule has 0 saturated carbocycles. The highest BCUT2D eigenvalue weighted by atomic mass is 35.5. The fraction of sp³-hybridized carbons (Fsp3) is 0.545. The molecule has 1 aromatic heterocycles. The van der Waals surface area contributed by atoms with Crippen LogP contribution in [0.5, 0.6) is 0 Å². The molecule has 1 aromatic rings. The minimum Gasteiger partial charge on any atom is -0.243 e. The van der Waals surface area contributed by atoms with Crippen LogP contribution in [0.15, 0.2) is 23.2 Å². The summed E-state index contributed by atoms with van der Waals surface area (Å²) in [7, 11) is -3.50. The third kappa shape index (κ3) is 3.94. The van der Waals surface area contributed by atoms with Crippen LogP contribution in [0.2, 0.25) is 5.15 Å². The predicted molar refractivity (Wildman–Crippen MR) is 68.5 cm³/mol. The molecule has 0 bridgehead atoms. The van der Waals surface area contributed by atoms with Crippen molar-refractivity contribution in [1.29, 1.82) is 0 Å². The smallest absolute Gasteiger partial charge is 0.242 e. The Balaban J connectivity index is 2.85. The number of pyridine rings is 1. The van der Waals surface area contributed by atoms with E-state index in [0.29, 0.717) is 0 Å². The highest BCUT2D eigenvalue weighted by Gasteiger charge is 2.20. The summed E-state index contributed by atoms with van der Waals surface area (Å²) in [4.78, 5) is 3.90. The number of sulfonamides is 1. The second kappa shape index (κ2) is 5.80. The SMILES string of the molecule is CCC(C)C(C)NS(=O)(=O)c1ccc(Cl)nc1. The van der Waals surface area contributed by atoms with Crippen molar-refractivity contribution in [3.8, 4) is 0 Å². The molecule has 0 saturated heterocycles. The lowest BCUT2D eigenvalue weighted by molar-refractivity contribution is 0.434. The van der Waals surface area contributed by atoms with Gasteiger partial charge in [0.2, 0.25) is 10.0 Å². The van der Waals surface area contributed by atoms with Gasteiger partial charge in [0.15, 0.2) is 0 Å². The van der Waals surface area contributed by atoms with Crippen LogP contribution in [0.3, 0.4) is 0 Å². The van der Waals surface area contributed by atoms with Gasteiger partial charge in [-0.05, 0) is 25.0 Å². The zero-order chi connectivity index (χ0) is 13.1. The molecular weight excluding hydrogens is 260 g/mol. The molecule has 0 aliphatic rings. The van der Waals surface area contributed by atoms with Crippen molar-refractivity contribution in [2.45, 2.75) is 38.1 Å². The first kappa shape index (κ1) is 14.4. The lowest BCUT2D eigenvalue weighted by Gasteiger charge is -2.19. The van der Waals surface area contributed by atoms with Gasteiger partial charge in [-0.15, -0.1) is 0 Å². The van der Waals surface area contributed by atoms with E-state index in [1.54, 1.807) is 0 Å². The molecule has 6 heteroatoms. The van der Waals surface area contributed by atoms with Gasteiger partial charge in [-0.3, -0.25) is 0 Å². The van der Waals surface area contributed by atoms with Crippen molar-refractivity contribution >= 4 is 21.6 Å². The topological polar surface area (TPSA) is 59.1 Å². The Kier molecular flexibility index (Phi) is 4.91. The van der Waals surface area contributed by atoms with Crippen molar-refractivity contribution in [2.75, 3.05) is 0 Å². The molecule has 0 amide bonds. The molecule has 1 rings (SSSR count). The molecule has 17 heavy (non-hydrogen) atoms. The highest BCUT2D eigenvalue weighted by Crippen LogP contribution is 2.14. The van der Waals surface area contributed by atoms with E-state index in [4.69, 9.17) is 11.6 Å². The standard InChI is InChI=1S/C11H17ClN2O2S/c1-4-8(2)9(3)14-17(15,16)10-5-6-11(12)13-7-10/h5-9,14H,4H2,1-3H3. The predicted octanol–water partition coefficient (Wildman–Crippen LogP) is 2.45. The van der Waals surface area contributed by atoms with E-state index in [1.807, 2.05) is 20.8 Å². The van der Waals surface area contributed by atoms with E-state index in [2.05, 4.69) is 9.71 Å². The molecule has 0 spiro atoms. The van der Waals surface area contributed by atoms with Crippen molar-refractivity contribution in [1.82, 2.24) is 9.71 Å². The van der Waals surface area contributed by atoms with Crippen molar-refractivity contribution in [3.05, 3.63) is 23.5 Å². The molecule has 0 aromatic carbocycles. The van der Waals surface area contributed by atoms with E-state index < -0.39 is 10.0 Å². The van der Waals surface area contributed by atoms with Gasteiger partial charge in [0.1, 0.15) is 10.0 Å². The Morgan fingerprint density at radius 1 is 1.41 bits per heavy atom. The van der Waals surface area contributed by atoms with Gasteiger partial charge < -0.3 is 0 Å². The lowest BCUT2D eigenvalue weighted by atomic mass is 10.0. The van der Waals surface area contributed by atoms with Crippen LogP contribution in [-0.4, -0.2) is 19.4 Å². The molecule has 4 nitrogen and oxygen atoms in total. The van der Waals surface area contributed by atoms with Crippen molar-refractivity contribution in [2.24, 2.45) is 5.92 Å². The lowest BCUT2D eigenvalue weighted by Crippen LogP contribution is -2.36. The van der Waals surface area contributed by atoms with Crippen LogP contribution in [0.4, 0.5) is 0 Å². The van der Waals surface area contributed by atoms with Crippen LogP contribution < -0.4 is 4.72 Å². The maximum Gasteiger partial charge on any atom is 0.242 e. The number of aromatic nitrogens is 1. The van der Waals surface area contributed by atoms with E-state index in [1.165, 1.54) is 18.3 Å². The maximum atomic E-state index is 12.0. The van der Waals surface area contributed by atoms with Gasteiger partial charge in [0, 0.05) is 12.2 Å². The molecule has 0 aliphatic carbocycles. The van der Waals surface area contributed by atoms with E-state index in [9.17, 15) is 8.42 Å². The summed E-state index contributed by atoms with van der Waals surface area (Å²) in [6.07, 6.45) is 2.18. The molecule has 96 valence electrons. The van der Waals surface area contributed by atoms with Crippen LogP contribution in [0, 0.1) is 5.92 Å². The Labute approximate surface area is 107 Å². The number of nitrogens with one attached hydrogen (secondary N) is 1. The van der Waals surface area contributed by atoms with E-state index in [0.717, 1.165) is 6.42 Å². The summed E-state index contributed by atoms with van der Waals surface area (Å²) in [6.45, 7) is 5.89. The van der Waals surface area contributed by atoms with Gasteiger partial charge in [-0.25, -0.2) is 18.1 Å². The molecule has 0 aliphatic heterocycles. The highest BCUT2D eigenvalue weighted by molar-refractivity contribution is 7.89. The first-order valence-electron chi connectivity index (χ1n) is 5.50. The number of hydrogen-bond acceptors (Lipinski definition) is 3. The Morgan fingerprint density at radius 3 is 2.53 bits per heavy atom. The van der Waals surface area contributed by atoms with E-state index >= 15 is 0 Å². The fourth-order valence-corrected chi connectivity index (χ4v) is 2.71. The third-order valence-corrected chi connectivity index (χ3v) is 4.62. The number of rotatable bonds is 5. The minimum absolute atomic E-state index is 0.110. The number of hydrogen-bond donors (Lipinski definition) is 1. The van der Waals surface area contributed by atoms with Gasteiger partial charge in [-0.1, -0.05) is 31.9 Å². The summed E-state index contributed by atoms with van der Waals surface area (Å²) in [5.41, 5.74) is 0. The zero-order valence-corrected chi connectivity index (χ0v) is 11.7. The van der Waals surface area contributed by atoms with Crippen LogP contribution >= 0.6 is 11.6 Å². The number of halogens is 1. The minimum atomic E-state index is -3.50. The second-order valence-corrected chi connectivity index (χ2v) is 6.21. The summed E-state index contributed by atoms with van der Waals surface area (Å²) in [5.74, 6) is 0.282. The summed E-state index contributed by atoms with van der Waals surface area (Å²) >= 11 is 5.61. The van der Waals surface area contributed by atoms with E-state index in [-0.39, 0.29) is 22.0 Å². The van der Waals surface area contributed by atoms with Gasteiger partial charge in [0.25, 0.3) is 0 Å². The number of nitrogens with zero attached hydrogens (tertiary/aromatic N) is 1. The summed E-state index contributed by atoms with van der Waals surface area (Å²) in [5, 5.41) is 0.277. The molecule has 0 radical (unpaired) electrons. The first-order chi connectivity index (χ1) is 7.86. The Hall–Kier alpha value is -0.650. The average molecular weight is 277 g/mol. The van der Waals surface area contributed by atoms with Crippen LogP contribution in [0.1, 0.15) is 27.2 Å². The zero-order valence-electron chi connectivity index (χ0n) is 10.1. The maximum absolute atomic E-state index is 12.0. The Morgan fingerprint density at radius 2 is 2.06 bits per heavy atom. The largest absolute Gasteiger partial charge is 0.243 e. The fourth-order valence-electron chi connectivity index (χ4n) is 1.30. The molecule has 0 fully saturated rings. The first-order valence-corrected chi connectivity index (χ1v) is 7.36. The normalized spacial score (nSPS) is 15.5. The summed E-state index contributed by atoms with van der Waals surface area (Å²) < 4.78 is 26.6. The third-order valence-electron chi connectivity index (χ3n) is 2.85. The summed E-state index contributed by atoms with van der Waals surface area (Å²) in [6, 6.07) is 2.80. The molecule has 2 atom stereocenters. The molecule has 1 N–H and O–H groups in total. The van der Waals surface area contributed by atoms with Gasteiger partial charge in [0.05, 0.1) is 0 Å². The van der Waals surface area contributed by atoms with Crippen LogP contribution in [-0.2, 0) is 10.0 Å². The van der Waals surface area contributed by atoms with Crippen molar-refractivity contribution < 1.29 is 8.42 Å². The monoisotopic (exact) mass is 276 g/mol. The van der Waals surface area contributed by atoms with Gasteiger partial charge in [-0.2, -0.15) is 0 Å². The quantitative estimate of drug-likeness (QED) is 0.841. The second-order valence-electron chi connectivity index (χ2n) is 4.11. The van der Waals surface area contributed by atoms with Crippen molar-refractivity contribution in [3.63, 3.8) is 0 Å². The molecule has 2 unspecified atom stereocenters. The van der Waals surface area contributed by atoms with Crippen LogP contribution in [0.25, 0.3) is 0 Å². The Bertz CT molecular complexity index is 459. The molecular formula is C11H17ClN2O2S. The molecule has 1 heterocycles. The average Bonchev–Trinajstić information content (AvgIpc) is 2.27. The van der Waals surface area contributed by atoms with Gasteiger partial charge >= 0.3 is 0 Å².